The normalized spacial score (nSPS) is 10.9. The minimum atomic E-state index is -0.160. The number of fused-ring (bicyclic) bond motifs is 1. The molecule has 10 heteroatoms. The fourth-order valence-electron chi connectivity index (χ4n) is 2.55. The molecule has 0 spiro atoms. The molecule has 27 heavy (non-hydrogen) atoms. The molecule has 0 unspecified atom stereocenters. The number of amides is 1. The van der Waals surface area contributed by atoms with Gasteiger partial charge in [0.1, 0.15) is 0 Å². The summed E-state index contributed by atoms with van der Waals surface area (Å²) in [6.07, 6.45) is 1.67. The molecule has 7 nitrogen and oxygen atoms in total. The van der Waals surface area contributed by atoms with Gasteiger partial charge in [0.15, 0.2) is 5.01 Å². The zero-order valence-electron chi connectivity index (χ0n) is 13.9. The lowest BCUT2D eigenvalue weighted by atomic mass is 10.2. The van der Waals surface area contributed by atoms with Crippen molar-refractivity contribution in [1.82, 2.24) is 20.4 Å². The minimum absolute atomic E-state index is 0.160. The van der Waals surface area contributed by atoms with Crippen molar-refractivity contribution in [1.29, 1.82) is 0 Å². The van der Waals surface area contributed by atoms with Gasteiger partial charge in [-0.2, -0.15) is 5.10 Å². The van der Waals surface area contributed by atoms with E-state index in [1.807, 2.05) is 12.1 Å². The van der Waals surface area contributed by atoms with Gasteiger partial charge >= 0.3 is 0 Å². The van der Waals surface area contributed by atoms with E-state index < -0.39 is 0 Å². The first-order valence-corrected chi connectivity index (χ1v) is 9.38. The zero-order chi connectivity index (χ0) is 19.0. The lowest BCUT2D eigenvalue weighted by molar-refractivity contribution is -0.114. The number of aromatic nitrogens is 4. The largest absolute Gasteiger partial charge is 0.329 e. The number of nitrogens with one attached hydrogen (secondary N) is 3. The van der Waals surface area contributed by atoms with Crippen LogP contribution in [0.3, 0.4) is 0 Å². The van der Waals surface area contributed by atoms with Gasteiger partial charge in [-0.05, 0) is 30.3 Å². The molecule has 2 aromatic carbocycles. The first kappa shape index (κ1) is 17.7. The summed E-state index contributed by atoms with van der Waals surface area (Å²) in [5, 5.41) is 24.2. The molecule has 1 amide bonds. The van der Waals surface area contributed by atoms with Crippen molar-refractivity contribution in [2.75, 3.05) is 10.6 Å². The fraction of sp³-hybridized carbons (Fsp3) is 0.0588. The van der Waals surface area contributed by atoms with Crippen LogP contribution in [0.25, 0.3) is 21.5 Å². The third-order valence-corrected chi connectivity index (χ3v) is 5.35. The molecule has 2 aromatic heterocycles. The molecule has 0 aliphatic carbocycles. The summed E-state index contributed by atoms with van der Waals surface area (Å²) in [4.78, 5) is 11.3. The van der Waals surface area contributed by atoms with E-state index in [1.54, 1.807) is 24.4 Å². The van der Waals surface area contributed by atoms with Gasteiger partial charge < -0.3 is 10.6 Å². The van der Waals surface area contributed by atoms with E-state index in [-0.39, 0.29) is 5.91 Å². The molecule has 2 heterocycles. The molecule has 0 aliphatic heterocycles. The monoisotopic (exact) mass is 418 g/mol. The van der Waals surface area contributed by atoms with Crippen LogP contribution in [0.15, 0.2) is 36.5 Å². The first-order chi connectivity index (χ1) is 13.0. The highest BCUT2D eigenvalue weighted by atomic mass is 35.5. The second-order valence-corrected chi connectivity index (χ2v) is 7.43. The standard InChI is InChI=1S/C17H12Cl2N6OS/c1-8(26)21-9-2-3-12(18)10(6-9)16-24-25-17(27-16)22-14-5-4-13-11(15(14)19)7-20-23-13/h2-7H,1H3,(H,20,23)(H,21,26)(H,22,25). The Morgan fingerprint density at radius 2 is 2.04 bits per heavy atom. The number of hydrogen-bond acceptors (Lipinski definition) is 6. The van der Waals surface area contributed by atoms with Crippen molar-refractivity contribution in [3.63, 3.8) is 0 Å². The Morgan fingerprint density at radius 1 is 1.19 bits per heavy atom. The number of hydrogen-bond donors (Lipinski definition) is 3. The second kappa shape index (κ2) is 7.15. The van der Waals surface area contributed by atoms with Crippen molar-refractivity contribution in [2.24, 2.45) is 0 Å². The molecular weight excluding hydrogens is 407 g/mol. The maximum atomic E-state index is 11.3. The predicted octanol–water partition coefficient (Wildman–Crippen LogP) is 5.09. The number of carbonyl (C=O) groups excluding carboxylic acids is 1. The van der Waals surface area contributed by atoms with E-state index in [0.29, 0.717) is 37.1 Å². The first-order valence-electron chi connectivity index (χ1n) is 7.81. The number of halogens is 2. The summed E-state index contributed by atoms with van der Waals surface area (Å²) >= 11 is 14.0. The SMILES string of the molecule is CC(=O)Nc1ccc(Cl)c(-c2nnc(Nc3ccc4[nH]ncc4c3Cl)s2)c1. The van der Waals surface area contributed by atoms with Crippen LogP contribution in [0.1, 0.15) is 6.92 Å². The number of rotatable bonds is 4. The molecule has 0 radical (unpaired) electrons. The van der Waals surface area contributed by atoms with E-state index in [1.165, 1.54) is 18.3 Å². The van der Waals surface area contributed by atoms with Gasteiger partial charge in [0, 0.05) is 23.6 Å². The van der Waals surface area contributed by atoms with Gasteiger partial charge in [-0.15, -0.1) is 10.2 Å². The highest BCUT2D eigenvalue weighted by molar-refractivity contribution is 7.18. The summed E-state index contributed by atoms with van der Waals surface area (Å²) in [5.41, 5.74) is 2.88. The lowest BCUT2D eigenvalue weighted by Crippen LogP contribution is -2.05. The molecule has 0 saturated carbocycles. The van der Waals surface area contributed by atoms with Gasteiger partial charge in [-0.1, -0.05) is 34.5 Å². The highest BCUT2D eigenvalue weighted by Crippen LogP contribution is 2.37. The Hall–Kier alpha value is -2.68. The van der Waals surface area contributed by atoms with Gasteiger partial charge in [0.2, 0.25) is 11.0 Å². The third kappa shape index (κ3) is 3.59. The van der Waals surface area contributed by atoms with Crippen LogP contribution >= 0.6 is 34.5 Å². The van der Waals surface area contributed by atoms with Gasteiger partial charge in [-0.25, -0.2) is 0 Å². The number of benzene rings is 2. The molecule has 0 fully saturated rings. The number of H-pyrrole nitrogens is 1. The van der Waals surface area contributed by atoms with Crippen LogP contribution in [-0.2, 0) is 4.79 Å². The molecule has 0 atom stereocenters. The van der Waals surface area contributed by atoms with Crippen molar-refractivity contribution in [2.45, 2.75) is 6.92 Å². The summed E-state index contributed by atoms with van der Waals surface area (Å²) in [6, 6.07) is 8.92. The molecule has 3 N–H and O–H groups in total. The van der Waals surface area contributed by atoms with Crippen LogP contribution in [0.4, 0.5) is 16.5 Å². The summed E-state index contributed by atoms with van der Waals surface area (Å²) in [6.45, 7) is 1.45. The molecule has 4 aromatic rings. The lowest BCUT2D eigenvalue weighted by Gasteiger charge is -2.06. The molecule has 0 saturated heterocycles. The Morgan fingerprint density at radius 3 is 2.85 bits per heavy atom. The summed E-state index contributed by atoms with van der Waals surface area (Å²) in [7, 11) is 0. The van der Waals surface area contributed by atoms with Crippen LogP contribution in [0.2, 0.25) is 10.0 Å². The van der Waals surface area contributed by atoms with Crippen LogP contribution in [0.5, 0.6) is 0 Å². The van der Waals surface area contributed by atoms with Crippen molar-refractivity contribution < 1.29 is 4.79 Å². The Labute approximate surface area is 167 Å². The highest BCUT2D eigenvalue weighted by Gasteiger charge is 2.14. The van der Waals surface area contributed by atoms with Crippen molar-refractivity contribution >= 4 is 67.9 Å². The average molecular weight is 419 g/mol. The van der Waals surface area contributed by atoms with E-state index in [4.69, 9.17) is 23.2 Å². The smallest absolute Gasteiger partial charge is 0.221 e. The van der Waals surface area contributed by atoms with Crippen LogP contribution in [0, 0.1) is 0 Å². The molecule has 4 rings (SSSR count). The molecular formula is C17H12Cl2N6OS. The number of anilines is 3. The van der Waals surface area contributed by atoms with E-state index >= 15 is 0 Å². The maximum absolute atomic E-state index is 11.3. The molecule has 0 aliphatic rings. The fourth-order valence-corrected chi connectivity index (χ4v) is 3.86. The third-order valence-electron chi connectivity index (χ3n) is 3.74. The van der Waals surface area contributed by atoms with Crippen molar-refractivity contribution in [3.8, 4) is 10.6 Å². The molecule has 0 bridgehead atoms. The van der Waals surface area contributed by atoms with Crippen LogP contribution < -0.4 is 10.6 Å². The maximum Gasteiger partial charge on any atom is 0.221 e. The van der Waals surface area contributed by atoms with Crippen LogP contribution in [-0.4, -0.2) is 26.3 Å². The van der Waals surface area contributed by atoms with Crippen molar-refractivity contribution in [3.05, 3.63) is 46.6 Å². The average Bonchev–Trinajstić information content (AvgIpc) is 3.28. The van der Waals surface area contributed by atoms with Gasteiger partial charge in [-0.3, -0.25) is 9.89 Å². The van der Waals surface area contributed by atoms with Gasteiger partial charge in [0.05, 0.1) is 27.4 Å². The van der Waals surface area contributed by atoms with E-state index in [0.717, 1.165) is 10.9 Å². The molecule has 136 valence electrons. The topological polar surface area (TPSA) is 95.6 Å². The number of carbonyl (C=O) groups is 1. The quantitative estimate of drug-likeness (QED) is 0.428. The Balaban J connectivity index is 1.63. The van der Waals surface area contributed by atoms with E-state index in [2.05, 4.69) is 31.0 Å². The zero-order valence-corrected chi connectivity index (χ0v) is 16.2. The number of nitrogens with zero attached hydrogens (tertiary/aromatic N) is 3. The van der Waals surface area contributed by atoms with Gasteiger partial charge in [0.25, 0.3) is 0 Å². The number of aromatic amines is 1. The minimum Gasteiger partial charge on any atom is -0.329 e. The van der Waals surface area contributed by atoms with E-state index in [9.17, 15) is 4.79 Å². The Bertz CT molecular complexity index is 1160. The predicted molar refractivity (Wildman–Crippen MR) is 109 cm³/mol. The summed E-state index contributed by atoms with van der Waals surface area (Å²) < 4.78 is 0. The summed E-state index contributed by atoms with van der Waals surface area (Å²) in [5.74, 6) is -0.160. The Kier molecular flexibility index (Phi) is 4.69. The second-order valence-electron chi connectivity index (χ2n) is 5.67.